The lowest BCUT2D eigenvalue weighted by molar-refractivity contribution is -0.115. The summed E-state index contributed by atoms with van der Waals surface area (Å²) in [5, 5.41) is 5.05. The van der Waals surface area contributed by atoms with Crippen molar-refractivity contribution in [3.63, 3.8) is 0 Å². The monoisotopic (exact) mass is 302 g/mol. The third-order valence-electron chi connectivity index (χ3n) is 2.89. The van der Waals surface area contributed by atoms with Gasteiger partial charge in [0.2, 0.25) is 5.91 Å². The molecule has 0 fully saturated rings. The summed E-state index contributed by atoms with van der Waals surface area (Å²) in [7, 11) is 1.47. The molecule has 6 heteroatoms. The molecular formula is C16H15FN2O3. The maximum atomic E-state index is 12.8. The molecule has 2 N–H and O–H groups in total. The van der Waals surface area contributed by atoms with Crippen molar-refractivity contribution in [3.8, 4) is 5.75 Å². The first-order chi connectivity index (χ1) is 10.6. The van der Waals surface area contributed by atoms with Crippen LogP contribution in [0.2, 0.25) is 0 Å². The average Bonchev–Trinajstić information content (AvgIpc) is 2.54. The van der Waals surface area contributed by atoms with Crippen molar-refractivity contribution in [1.82, 2.24) is 5.32 Å². The van der Waals surface area contributed by atoms with Gasteiger partial charge in [-0.2, -0.15) is 0 Å². The van der Waals surface area contributed by atoms with Crippen molar-refractivity contribution in [1.29, 1.82) is 0 Å². The summed E-state index contributed by atoms with van der Waals surface area (Å²) >= 11 is 0. The molecule has 22 heavy (non-hydrogen) atoms. The molecule has 0 aliphatic rings. The quantitative estimate of drug-likeness (QED) is 0.890. The normalized spacial score (nSPS) is 9.91. The van der Waals surface area contributed by atoms with E-state index in [1.54, 1.807) is 24.3 Å². The third kappa shape index (κ3) is 4.05. The van der Waals surface area contributed by atoms with E-state index >= 15 is 0 Å². The number of methoxy groups -OCH3 is 1. The molecule has 0 aliphatic carbocycles. The Morgan fingerprint density at radius 3 is 2.45 bits per heavy atom. The smallest absolute Gasteiger partial charge is 0.255 e. The highest BCUT2D eigenvalue weighted by atomic mass is 19.1. The zero-order chi connectivity index (χ0) is 15.9. The first-order valence-electron chi connectivity index (χ1n) is 6.57. The number of ether oxygens (including phenoxy) is 1. The van der Waals surface area contributed by atoms with Crippen molar-refractivity contribution in [2.24, 2.45) is 0 Å². The number of carbonyl (C=O) groups excluding carboxylic acids is 2. The van der Waals surface area contributed by atoms with Crippen LogP contribution in [0.4, 0.5) is 10.1 Å². The van der Waals surface area contributed by atoms with E-state index in [1.807, 2.05) is 0 Å². The molecule has 0 bridgehead atoms. The minimum atomic E-state index is -0.410. The average molecular weight is 302 g/mol. The lowest BCUT2D eigenvalue weighted by atomic mass is 10.2. The summed E-state index contributed by atoms with van der Waals surface area (Å²) in [6, 6.07) is 12.1. The van der Waals surface area contributed by atoms with Crippen molar-refractivity contribution >= 4 is 17.5 Å². The summed E-state index contributed by atoms with van der Waals surface area (Å²) in [6.07, 6.45) is 0. The van der Waals surface area contributed by atoms with Crippen molar-refractivity contribution in [2.75, 3.05) is 19.0 Å². The van der Waals surface area contributed by atoms with Gasteiger partial charge in [-0.1, -0.05) is 12.1 Å². The Morgan fingerprint density at radius 1 is 1.09 bits per heavy atom. The number of benzene rings is 2. The van der Waals surface area contributed by atoms with Gasteiger partial charge in [-0.25, -0.2) is 4.39 Å². The number of rotatable bonds is 5. The number of nitrogens with one attached hydrogen (secondary N) is 2. The molecule has 2 aromatic carbocycles. The molecule has 5 nitrogen and oxygen atoms in total. The lowest BCUT2D eigenvalue weighted by Gasteiger charge is -2.09. The van der Waals surface area contributed by atoms with Gasteiger partial charge in [-0.05, 0) is 36.4 Å². The molecule has 0 saturated carbocycles. The Morgan fingerprint density at radius 2 is 1.77 bits per heavy atom. The van der Waals surface area contributed by atoms with Gasteiger partial charge >= 0.3 is 0 Å². The second-order valence-electron chi connectivity index (χ2n) is 4.44. The number of hydrogen-bond acceptors (Lipinski definition) is 3. The topological polar surface area (TPSA) is 67.4 Å². The van der Waals surface area contributed by atoms with Crippen molar-refractivity contribution in [3.05, 3.63) is 59.9 Å². The predicted molar refractivity (Wildman–Crippen MR) is 80.4 cm³/mol. The lowest BCUT2D eigenvalue weighted by Crippen LogP contribution is -2.33. The van der Waals surface area contributed by atoms with E-state index in [1.165, 1.54) is 31.4 Å². The second-order valence-corrected chi connectivity index (χ2v) is 4.44. The first-order valence-corrected chi connectivity index (χ1v) is 6.57. The van der Waals surface area contributed by atoms with Crippen LogP contribution < -0.4 is 15.4 Å². The Hall–Kier alpha value is -2.89. The highest BCUT2D eigenvalue weighted by molar-refractivity contribution is 6.00. The molecule has 0 radical (unpaired) electrons. The highest BCUT2D eigenvalue weighted by Gasteiger charge is 2.12. The van der Waals surface area contributed by atoms with Crippen LogP contribution >= 0.6 is 0 Å². The molecule has 0 aliphatic heterocycles. The second kappa shape index (κ2) is 7.21. The number of halogens is 1. The summed E-state index contributed by atoms with van der Waals surface area (Å²) in [4.78, 5) is 23.7. The van der Waals surface area contributed by atoms with Gasteiger partial charge in [0.25, 0.3) is 5.91 Å². The van der Waals surface area contributed by atoms with E-state index in [4.69, 9.17) is 4.74 Å². The Balaban J connectivity index is 1.90. The Bertz CT molecular complexity index is 671. The maximum Gasteiger partial charge on any atom is 0.255 e. The van der Waals surface area contributed by atoms with Crippen LogP contribution in [-0.4, -0.2) is 25.5 Å². The zero-order valence-electron chi connectivity index (χ0n) is 11.9. The molecule has 2 aromatic rings. The zero-order valence-corrected chi connectivity index (χ0v) is 11.9. The van der Waals surface area contributed by atoms with Crippen LogP contribution in [0.5, 0.6) is 5.75 Å². The first kappa shape index (κ1) is 15.5. The molecule has 0 saturated heterocycles. The molecule has 2 amide bonds. The van der Waals surface area contributed by atoms with Gasteiger partial charge in [-0.3, -0.25) is 9.59 Å². The van der Waals surface area contributed by atoms with E-state index < -0.39 is 11.8 Å². The van der Waals surface area contributed by atoms with Crippen LogP contribution in [-0.2, 0) is 4.79 Å². The van der Waals surface area contributed by atoms with Gasteiger partial charge in [0, 0.05) is 5.69 Å². The molecule has 0 spiro atoms. The van der Waals surface area contributed by atoms with Crippen molar-refractivity contribution in [2.45, 2.75) is 0 Å². The minimum Gasteiger partial charge on any atom is -0.496 e. The molecule has 2 rings (SSSR count). The summed E-state index contributed by atoms with van der Waals surface area (Å²) in [5.41, 5.74) is 0.803. The van der Waals surface area contributed by atoms with E-state index in [2.05, 4.69) is 10.6 Å². The predicted octanol–water partition coefficient (Wildman–Crippen LogP) is 2.20. The van der Waals surface area contributed by atoms with Crippen LogP contribution in [0.15, 0.2) is 48.5 Å². The maximum absolute atomic E-state index is 12.8. The molecule has 0 aromatic heterocycles. The molecular weight excluding hydrogens is 287 g/mol. The SMILES string of the molecule is COc1ccccc1C(=O)NCC(=O)Nc1ccc(F)cc1. The van der Waals surface area contributed by atoms with E-state index in [0.29, 0.717) is 17.0 Å². The minimum absolute atomic E-state index is 0.200. The number of hydrogen-bond donors (Lipinski definition) is 2. The fraction of sp³-hybridized carbons (Fsp3) is 0.125. The number of carbonyl (C=O) groups is 2. The van der Waals surface area contributed by atoms with Gasteiger partial charge in [0.15, 0.2) is 0 Å². The van der Waals surface area contributed by atoms with E-state index in [0.717, 1.165) is 0 Å². The molecule has 0 unspecified atom stereocenters. The van der Waals surface area contributed by atoms with Gasteiger partial charge < -0.3 is 15.4 Å². The van der Waals surface area contributed by atoms with Crippen LogP contribution in [0.1, 0.15) is 10.4 Å². The summed E-state index contributed by atoms with van der Waals surface area (Å²) < 4.78 is 17.8. The number of anilines is 1. The van der Waals surface area contributed by atoms with Gasteiger partial charge in [0.05, 0.1) is 19.2 Å². The Labute approximate surface area is 127 Å². The molecule has 0 heterocycles. The summed E-state index contributed by atoms with van der Waals surface area (Å²) in [5.74, 6) is -0.775. The largest absolute Gasteiger partial charge is 0.496 e. The molecule has 114 valence electrons. The standard InChI is InChI=1S/C16H15FN2O3/c1-22-14-5-3-2-4-13(14)16(21)18-10-15(20)19-12-8-6-11(17)7-9-12/h2-9H,10H2,1H3,(H,18,21)(H,19,20). The Kier molecular flexibility index (Phi) is 5.08. The number of para-hydroxylation sites is 1. The van der Waals surface area contributed by atoms with Crippen LogP contribution in [0.25, 0.3) is 0 Å². The summed E-state index contributed by atoms with van der Waals surface area (Å²) in [6.45, 7) is -0.200. The van der Waals surface area contributed by atoms with Crippen LogP contribution in [0, 0.1) is 5.82 Å². The molecule has 0 atom stereocenters. The highest BCUT2D eigenvalue weighted by Crippen LogP contribution is 2.16. The van der Waals surface area contributed by atoms with Gasteiger partial charge in [-0.15, -0.1) is 0 Å². The van der Waals surface area contributed by atoms with Crippen molar-refractivity contribution < 1.29 is 18.7 Å². The fourth-order valence-electron chi connectivity index (χ4n) is 1.83. The number of amides is 2. The van der Waals surface area contributed by atoms with Crippen LogP contribution in [0.3, 0.4) is 0 Å². The van der Waals surface area contributed by atoms with E-state index in [-0.39, 0.29) is 12.4 Å². The van der Waals surface area contributed by atoms with E-state index in [9.17, 15) is 14.0 Å². The fourth-order valence-corrected chi connectivity index (χ4v) is 1.83. The van der Waals surface area contributed by atoms with Gasteiger partial charge in [0.1, 0.15) is 11.6 Å². The third-order valence-corrected chi connectivity index (χ3v) is 2.89.